The normalized spacial score (nSPS) is 10.6. The van der Waals surface area contributed by atoms with Crippen LogP contribution in [0.4, 0.5) is 0 Å². The summed E-state index contributed by atoms with van der Waals surface area (Å²) >= 11 is 0. The van der Waals surface area contributed by atoms with Crippen molar-refractivity contribution in [3.63, 3.8) is 0 Å². The van der Waals surface area contributed by atoms with Crippen molar-refractivity contribution in [2.45, 2.75) is 26.3 Å². The van der Waals surface area contributed by atoms with Crippen LogP contribution in [0.25, 0.3) is 0 Å². The predicted octanol–water partition coefficient (Wildman–Crippen LogP) is 1.99. The molecule has 0 heterocycles. The molecule has 0 aliphatic heterocycles. The van der Waals surface area contributed by atoms with Crippen molar-refractivity contribution in [1.29, 1.82) is 0 Å². The molecule has 1 rings (SSSR count). The molecule has 0 aromatic heterocycles. The van der Waals surface area contributed by atoms with E-state index in [1.165, 1.54) is 0 Å². The Labute approximate surface area is 102 Å². The molecule has 0 bridgehead atoms. The van der Waals surface area contributed by atoms with E-state index in [1.54, 1.807) is 7.11 Å². The van der Waals surface area contributed by atoms with Gasteiger partial charge in [0, 0.05) is 6.54 Å². The zero-order valence-corrected chi connectivity index (χ0v) is 10.5. The Morgan fingerprint density at radius 2 is 2.18 bits per heavy atom. The van der Waals surface area contributed by atoms with Crippen LogP contribution in [-0.4, -0.2) is 24.7 Å². The van der Waals surface area contributed by atoms with Gasteiger partial charge in [0.05, 0.1) is 13.7 Å². The van der Waals surface area contributed by atoms with Crippen LogP contribution in [0.3, 0.4) is 0 Å². The summed E-state index contributed by atoms with van der Waals surface area (Å²) in [6, 6.07) is 5.92. The summed E-state index contributed by atoms with van der Waals surface area (Å²) in [5.74, 6) is 0.411. The highest BCUT2D eigenvalue weighted by Crippen LogP contribution is 2.27. The number of carboxylic acids is 1. The van der Waals surface area contributed by atoms with Gasteiger partial charge in [0.2, 0.25) is 0 Å². The third kappa shape index (κ3) is 4.07. The van der Waals surface area contributed by atoms with Gasteiger partial charge >= 0.3 is 5.97 Å². The minimum atomic E-state index is -0.845. The molecule has 2 N–H and O–H groups in total. The molecule has 0 fully saturated rings. The number of hydrogen-bond acceptors (Lipinski definition) is 3. The summed E-state index contributed by atoms with van der Waals surface area (Å²) in [5, 5.41) is 11.4. The maximum Gasteiger partial charge on any atom is 0.317 e. The Bertz CT molecular complexity index is 388. The zero-order valence-electron chi connectivity index (χ0n) is 10.5. The lowest BCUT2D eigenvalue weighted by Crippen LogP contribution is -2.21. The lowest BCUT2D eigenvalue weighted by Gasteiger charge is -2.13. The third-order valence-electron chi connectivity index (χ3n) is 2.52. The minimum Gasteiger partial charge on any atom is -0.496 e. The van der Waals surface area contributed by atoms with Crippen LogP contribution in [0, 0.1) is 0 Å². The van der Waals surface area contributed by atoms with E-state index in [0.717, 1.165) is 16.9 Å². The highest BCUT2D eigenvalue weighted by molar-refractivity contribution is 5.69. The van der Waals surface area contributed by atoms with Crippen molar-refractivity contribution < 1.29 is 14.6 Å². The first-order chi connectivity index (χ1) is 8.04. The number of rotatable bonds is 6. The number of benzene rings is 1. The van der Waals surface area contributed by atoms with E-state index < -0.39 is 5.97 Å². The van der Waals surface area contributed by atoms with E-state index in [1.807, 2.05) is 12.1 Å². The van der Waals surface area contributed by atoms with Crippen LogP contribution >= 0.6 is 0 Å². The first-order valence-electron chi connectivity index (χ1n) is 5.64. The van der Waals surface area contributed by atoms with Gasteiger partial charge in [-0.25, -0.2) is 0 Å². The molecule has 4 heteroatoms. The Morgan fingerprint density at radius 3 is 2.71 bits per heavy atom. The maximum atomic E-state index is 10.4. The third-order valence-corrected chi connectivity index (χ3v) is 2.52. The molecule has 1 aromatic rings. The van der Waals surface area contributed by atoms with Gasteiger partial charge in [-0.2, -0.15) is 0 Å². The average molecular weight is 237 g/mol. The molecule has 0 amide bonds. The minimum absolute atomic E-state index is 0.0248. The van der Waals surface area contributed by atoms with Crippen molar-refractivity contribution in [2.75, 3.05) is 13.7 Å². The Hall–Kier alpha value is -1.55. The fourth-order valence-electron chi connectivity index (χ4n) is 1.66. The number of carbonyl (C=O) groups is 1. The second-order valence-electron chi connectivity index (χ2n) is 4.23. The van der Waals surface area contributed by atoms with E-state index in [2.05, 4.69) is 25.2 Å². The molecule has 0 radical (unpaired) electrons. The van der Waals surface area contributed by atoms with Crippen molar-refractivity contribution >= 4 is 5.97 Å². The van der Waals surface area contributed by atoms with Crippen LogP contribution in [0.15, 0.2) is 18.2 Å². The van der Waals surface area contributed by atoms with Gasteiger partial charge in [-0.15, -0.1) is 0 Å². The van der Waals surface area contributed by atoms with Gasteiger partial charge in [0.1, 0.15) is 5.75 Å². The fraction of sp³-hybridized carbons (Fsp3) is 0.462. The van der Waals surface area contributed by atoms with E-state index in [0.29, 0.717) is 12.5 Å². The zero-order chi connectivity index (χ0) is 12.8. The molecule has 17 heavy (non-hydrogen) atoms. The average Bonchev–Trinajstić information content (AvgIpc) is 2.28. The highest BCUT2D eigenvalue weighted by Gasteiger charge is 2.08. The molecule has 94 valence electrons. The molecule has 4 nitrogen and oxygen atoms in total. The first kappa shape index (κ1) is 13.5. The Balaban J connectivity index is 2.74. The van der Waals surface area contributed by atoms with Crippen LogP contribution in [0.1, 0.15) is 30.9 Å². The van der Waals surface area contributed by atoms with Gasteiger partial charge in [0.15, 0.2) is 0 Å². The lowest BCUT2D eigenvalue weighted by molar-refractivity contribution is -0.135. The number of carboxylic acid groups (broad SMARTS) is 1. The Kier molecular flexibility index (Phi) is 4.97. The quantitative estimate of drug-likeness (QED) is 0.794. The van der Waals surface area contributed by atoms with Crippen molar-refractivity contribution in [3.05, 3.63) is 29.3 Å². The number of aliphatic carboxylic acids is 1. The molecule has 0 atom stereocenters. The molecule has 0 aliphatic carbocycles. The van der Waals surface area contributed by atoms with Crippen LogP contribution in [0.2, 0.25) is 0 Å². The number of ether oxygens (including phenoxy) is 1. The van der Waals surface area contributed by atoms with Gasteiger partial charge in [-0.05, 0) is 23.1 Å². The molecule has 0 aliphatic rings. The van der Waals surface area contributed by atoms with Crippen LogP contribution in [0.5, 0.6) is 5.75 Å². The van der Waals surface area contributed by atoms with Crippen molar-refractivity contribution in [2.24, 2.45) is 0 Å². The highest BCUT2D eigenvalue weighted by atomic mass is 16.5. The second-order valence-corrected chi connectivity index (χ2v) is 4.23. The molecule has 0 saturated carbocycles. The van der Waals surface area contributed by atoms with E-state index >= 15 is 0 Å². The molecule has 0 saturated heterocycles. The Morgan fingerprint density at radius 1 is 1.47 bits per heavy atom. The standard InChI is InChI=1S/C13H19NO3/c1-9(2)11-6-10(4-5-12(11)17-3)7-14-8-13(15)16/h4-6,9,14H,7-8H2,1-3H3,(H,15,16). The van der Waals surface area contributed by atoms with Crippen LogP contribution in [-0.2, 0) is 11.3 Å². The largest absolute Gasteiger partial charge is 0.496 e. The summed E-state index contributed by atoms with van der Waals surface area (Å²) in [5.41, 5.74) is 2.21. The first-order valence-corrected chi connectivity index (χ1v) is 5.64. The molecule has 0 spiro atoms. The smallest absolute Gasteiger partial charge is 0.317 e. The summed E-state index contributed by atoms with van der Waals surface area (Å²) in [6.45, 7) is 4.73. The van der Waals surface area contributed by atoms with Gasteiger partial charge < -0.3 is 15.2 Å². The molecule has 0 unspecified atom stereocenters. The van der Waals surface area contributed by atoms with Gasteiger partial charge in [-0.1, -0.05) is 26.0 Å². The molecular formula is C13H19NO3. The molecule has 1 aromatic carbocycles. The summed E-state index contributed by atoms with van der Waals surface area (Å²) in [7, 11) is 1.66. The summed E-state index contributed by atoms with van der Waals surface area (Å²) < 4.78 is 5.29. The fourth-order valence-corrected chi connectivity index (χ4v) is 1.66. The number of hydrogen-bond donors (Lipinski definition) is 2. The van der Waals surface area contributed by atoms with E-state index in [-0.39, 0.29) is 6.54 Å². The van der Waals surface area contributed by atoms with Crippen LogP contribution < -0.4 is 10.1 Å². The summed E-state index contributed by atoms with van der Waals surface area (Å²) in [6.07, 6.45) is 0. The van der Waals surface area contributed by atoms with E-state index in [9.17, 15) is 4.79 Å². The maximum absolute atomic E-state index is 10.4. The SMILES string of the molecule is COc1ccc(CNCC(=O)O)cc1C(C)C. The van der Waals surface area contributed by atoms with Gasteiger partial charge in [0.25, 0.3) is 0 Å². The van der Waals surface area contributed by atoms with E-state index in [4.69, 9.17) is 9.84 Å². The predicted molar refractivity (Wildman–Crippen MR) is 66.4 cm³/mol. The molecular weight excluding hydrogens is 218 g/mol. The second kappa shape index (κ2) is 6.25. The van der Waals surface area contributed by atoms with Crippen molar-refractivity contribution in [1.82, 2.24) is 5.32 Å². The monoisotopic (exact) mass is 237 g/mol. The topological polar surface area (TPSA) is 58.6 Å². The van der Waals surface area contributed by atoms with Gasteiger partial charge in [-0.3, -0.25) is 4.79 Å². The lowest BCUT2D eigenvalue weighted by atomic mass is 9.99. The number of nitrogens with one attached hydrogen (secondary N) is 1. The summed E-state index contributed by atoms with van der Waals surface area (Å²) in [4.78, 5) is 10.4. The van der Waals surface area contributed by atoms with Crippen molar-refractivity contribution in [3.8, 4) is 5.75 Å². The number of methoxy groups -OCH3 is 1.